The van der Waals surface area contributed by atoms with Gasteiger partial charge in [-0.25, -0.2) is 4.68 Å². The summed E-state index contributed by atoms with van der Waals surface area (Å²) >= 11 is 0. The second-order valence-corrected chi connectivity index (χ2v) is 6.20. The molecule has 1 aromatic heterocycles. The zero-order chi connectivity index (χ0) is 19.5. The number of benzene rings is 2. The second kappa shape index (κ2) is 7.43. The number of para-hydroxylation sites is 3. The third-order valence-electron chi connectivity index (χ3n) is 4.36. The average Bonchev–Trinajstić information content (AvgIpc) is 3.13. The summed E-state index contributed by atoms with van der Waals surface area (Å²) in [7, 11) is 0. The maximum atomic E-state index is 12.4. The first-order chi connectivity index (χ1) is 13.6. The van der Waals surface area contributed by atoms with Gasteiger partial charge >= 0.3 is 0 Å². The number of ether oxygens (including phenoxy) is 2. The van der Waals surface area contributed by atoms with Crippen LogP contribution in [0.1, 0.15) is 16.1 Å². The van der Waals surface area contributed by atoms with Gasteiger partial charge in [0.1, 0.15) is 6.61 Å². The molecule has 1 unspecified atom stereocenters. The van der Waals surface area contributed by atoms with Gasteiger partial charge in [0.25, 0.3) is 11.8 Å². The Kier molecular flexibility index (Phi) is 4.67. The minimum absolute atomic E-state index is 0.0592. The van der Waals surface area contributed by atoms with Crippen LogP contribution in [-0.4, -0.2) is 34.3 Å². The van der Waals surface area contributed by atoms with E-state index >= 15 is 0 Å². The highest BCUT2D eigenvalue weighted by atomic mass is 16.6. The van der Waals surface area contributed by atoms with Crippen molar-refractivity contribution in [3.8, 4) is 17.2 Å². The van der Waals surface area contributed by atoms with Crippen LogP contribution >= 0.6 is 0 Å². The maximum absolute atomic E-state index is 12.4. The lowest BCUT2D eigenvalue weighted by molar-refractivity contribution is -0.131. The predicted molar refractivity (Wildman–Crippen MR) is 100 cm³/mol. The van der Waals surface area contributed by atoms with Crippen LogP contribution in [0, 0.1) is 6.92 Å². The smallest absolute Gasteiger partial charge is 0.283 e. The fourth-order valence-corrected chi connectivity index (χ4v) is 2.88. The van der Waals surface area contributed by atoms with Crippen molar-refractivity contribution in [2.75, 3.05) is 6.61 Å². The van der Waals surface area contributed by atoms with Gasteiger partial charge in [0.05, 0.1) is 23.1 Å². The molecule has 28 heavy (non-hydrogen) atoms. The summed E-state index contributed by atoms with van der Waals surface area (Å²) in [5.74, 6) is 0.0980. The Hall–Kier alpha value is -3.81. The average molecular weight is 378 g/mol. The first-order valence-electron chi connectivity index (χ1n) is 8.72. The van der Waals surface area contributed by atoms with Gasteiger partial charge in [-0.3, -0.25) is 20.4 Å². The van der Waals surface area contributed by atoms with Crippen LogP contribution in [-0.2, 0) is 4.79 Å². The summed E-state index contributed by atoms with van der Waals surface area (Å²) in [6.45, 7) is 1.84. The van der Waals surface area contributed by atoms with E-state index in [1.165, 1.54) is 6.20 Å². The van der Waals surface area contributed by atoms with Crippen molar-refractivity contribution in [1.82, 2.24) is 20.6 Å². The fraction of sp³-hybridized carbons (Fsp3) is 0.150. The molecular formula is C20H18N4O4. The van der Waals surface area contributed by atoms with Crippen molar-refractivity contribution in [2.24, 2.45) is 0 Å². The normalized spacial score (nSPS) is 15.0. The number of nitrogens with zero attached hydrogens (tertiary/aromatic N) is 2. The zero-order valence-electron chi connectivity index (χ0n) is 15.1. The Morgan fingerprint density at radius 1 is 1.04 bits per heavy atom. The molecule has 0 fully saturated rings. The van der Waals surface area contributed by atoms with Crippen LogP contribution < -0.4 is 20.3 Å². The summed E-state index contributed by atoms with van der Waals surface area (Å²) in [5.41, 5.74) is 6.63. The van der Waals surface area contributed by atoms with Crippen LogP contribution in [0.2, 0.25) is 0 Å². The van der Waals surface area contributed by atoms with Gasteiger partial charge in [0.2, 0.25) is 6.10 Å². The molecule has 1 aliphatic heterocycles. The molecule has 8 heteroatoms. The Labute approximate surface area is 161 Å². The van der Waals surface area contributed by atoms with Crippen molar-refractivity contribution in [1.29, 1.82) is 0 Å². The lowest BCUT2D eigenvalue weighted by Gasteiger charge is -2.25. The summed E-state index contributed by atoms with van der Waals surface area (Å²) in [4.78, 5) is 24.7. The van der Waals surface area contributed by atoms with E-state index in [0.29, 0.717) is 22.8 Å². The summed E-state index contributed by atoms with van der Waals surface area (Å²) in [5, 5.41) is 4.25. The van der Waals surface area contributed by atoms with E-state index in [9.17, 15) is 9.59 Å². The molecule has 8 nitrogen and oxygen atoms in total. The first kappa shape index (κ1) is 17.6. The quantitative estimate of drug-likeness (QED) is 0.678. The summed E-state index contributed by atoms with van der Waals surface area (Å²) in [6.07, 6.45) is 0.601. The molecular weight excluding hydrogens is 360 g/mol. The highest BCUT2D eigenvalue weighted by Gasteiger charge is 2.28. The van der Waals surface area contributed by atoms with Crippen molar-refractivity contribution in [3.63, 3.8) is 0 Å². The van der Waals surface area contributed by atoms with Gasteiger partial charge in [-0.1, -0.05) is 30.3 Å². The SMILES string of the molecule is Cc1c(C(=O)NNC(=O)C2COc3ccccc3O2)cnn1-c1ccccc1. The van der Waals surface area contributed by atoms with Crippen molar-refractivity contribution in [3.05, 3.63) is 72.1 Å². The molecule has 0 spiro atoms. The van der Waals surface area contributed by atoms with Crippen LogP contribution in [0.15, 0.2) is 60.8 Å². The molecule has 142 valence electrons. The van der Waals surface area contributed by atoms with Gasteiger partial charge in [0, 0.05) is 0 Å². The zero-order valence-corrected chi connectivity index (χ0v) is 15.1. The van der Waals surface area contributed by atoms with Gasteiger partial charge in [0.15, 0.2) is 11.5 Å². The second-order valence-electron chi connectivity index (χ2n) is 6.20. The van der Waals surface area contributed by atoms with Crippen LogP contribution in [0.25, 0.3) is 5.69 Å². The lowest BCUT2D eigenvalue weighted by atomic mass is 10.2. The summed E-state index contributed by atoms with van der Waals surface area (Å²) in [6, 6.07) is 16.6. The fourth-order valence-electron chi connectivity index (χ4n) is 2.88. The molecule has 3 aromatic rings. The number of carbonyl (C=O) groups excluding carboxylic acids is 2. The van der Waals surface area contributed by atoms with Gasteiger partial charge in [-0.05, 0) is 31.2 Å². The van der Waals surface area contributed by atoms with Crippen molar-refractivity contribution in [2.45, 2.75) is 13.0 Å². The molecule has 1 atom stereocenters. The molecule has 2 aromatic carbocycles. The Bertz CT molecular complexity index is 1020. The largest absolute Gasteiger partial charge is 0.485 e. The van der Waals surface area contributed by atoms with E-state index in [4.69, 9.17) is 9.47 Å². The molecule has 0 saturated carbocycles. The number of aromatic nitrogens is 2. The molecule has 2 amide bonds. The van der Waals surface area contributed by atoms with Gasteiger partial charge in [-0.2, -0.15) is 5.10 Å². The standard InChI is InChI=1S/C20H18N4O4/c1-13-15(11-21-24(13)14-7-3-2-4-8-14)19(25)22-23-20(26)18-12-27-16-9-5-6-10-17(16)28-18/h2-11,18H,12H2,1H3,(H,22,25)(H,23,26). The Balaban J connectivity index is 1.39. The highest BCUT2D eigenvalue weighted by Crippen LogP contribution is 2.30. The number of carbonyl (C=O) groups is 2. The number of hydrogen-bond donors (Lipinski definition) is 2. The number of amides is 2. The minimum atomic E-state index is -0.858. The van der Waals surface area contributed by atoms with E-state index in [1.807, 2.05) is 36.4 Å². The number of hydrazine groups is 1. The molecule has 4 rings (SSSR count). The van der Waals surface area contributed by atoms with E-state index in [1.54, 1.807) is 29.8 Å². The van der Waals surface area contributed by atoms with Crippen molar-refractivity contribution >= 4 is 11.8 Å². The number of hydrogen-bond acceptors (Lipinski definition) is 5. The molecule has 1 aliphatic rings. The van der Waals surface area contributed by atoms with E-state index < -0.39 is 17.9 Å². The first-order valence-corrected chi connectivity index (χ1v) is 8.72. The van der Waals surface area contributed by atoms with E-state index in [2.05, 4.69) is 16.0 Å². The van der Waals surface area contributed by atoms with Gasteiger partial charge in [-0.15, -0.1) is 0 Å². The minimum Gasteiger partial charge on any atom is -0.485 e. The topological polar surface area (TPSA) is 94.5 Å². The third-order valence-corrected chi connectivity index (χ3v) is 4.36. The predicted octanol–water partition coefficient (Wildman–Crippen LogP) is 1.78. The third kappa shape index (κ3) is 3.39. The van der Waals surface area contributed by atoms with Gasteiger partial charge < -0.3 is 9.47 Å². The lowest BCUT2D eigenvalue weighted by Crippen LogP contribution is -2.50. The molecule has 0 aliphatic carbocycles. The monoisotopic (exact) mass is 378 g/mol. The van der Waals surface area contributed by atoms with E-state index in [0.717, 1.165) is 5.69 Å². The maximum Gasteiger partial charge on any atom is 0.283 e. The van der Waals surface area contributed by atoms with Crippen LogP contribution in [0.3, 0.4) is 0 Å². The number of rotatable bonds is 3. The van der Waals surface area contributed by atoms with Crippen LogP contribution in [0.4, 0.5) is 0 Å². The molecule has 0 radical (unpaired) electrons. The Morgan fingerprint density at radius 3 is 2.54 bits per heavy atom. The van der Waals surface area contributed by atoms with Crippen molar-refractivity contribution < 1.29 is 19.1 Å². The molecule has 2 heterocycles. The molecule has 2 N–H and O–H groups in total. The summed E-state index contributed by atoms with van der Waals surface area (Å²) < 4.78 is 12.8. The Morgan fingerprint density at radius 2 is 1.75 bits per heavy atom. The van der Waals surface area contributed by atoms with Crippen LogP contribution in [0.5, 0.6) is 11.5 Å². The number of nitrogens with one attached hydrogen (secondary N) is 2. The van der Waals surface area contributed by atoms with E-state index in [-0.39, 0.29) is 6.61 Å². The number of fused-ring (bicyclic) bond motifs is 1. The highest BCUT2D eigenvalue weighted by molar-refractivity contribution is 5.96. The molecule has 0 saturated heterocycles. The molecule has 0 bridgehead atoms.